The first-order chi connectivity index (χ1) is 12.5. The molecule has 2 heterocycles. The van der Waals surface area contributed by atoms with E-state index in [1.165, 1.54) is 0 Å². The van der Waals surface area contributed by atoms with Crippen molar-refractivity contribution in [3.8, 4) is 0 Å². The molecule has 0 aromatic rings. The fraction of sp³-hybridized carbons (Fsp3) is 0.889. The average Bonchev–Trinajstić information content (AvgIpc) is 2.64. The molecule has 0 radical (unpaired) electrons. The van der Waals surface area contributed by atoms with Gasteiger partial charge in [-0.3, -0.25) is 0 Å². The first-order valence-electron chi connectivity index (χ1n) is 9.24. The smallest absolute Gasteiger partial charge is 0.107 e. The zero-order valence-corrected chi connectivity index (χ0v) is 15.1. The summed E-state index contributed by atoms with van der Waals surface area (Å²) in [4.78, 5) is 0. The molecule has 1 fully saturated rings. The SMILES string of the molecule is C1=C/COCCOCCO[C@H]2CCCO[C@@H]2COCCOCCOC/1. The Kier molecular flexibility index (Phi) is 12.1. The molecule has 2 aliphatic rings. The molecule has 0 bridgehead atoms. The molecule has 0 N–H and O–H groups in total. The Balaban J connectivity index is 1.67. The van der Waals surface area contributed by atoms with Crippen LogP contribution in [0, 0.1) is 0 Å². The van der Waals surface area contributed by atoms with Gasteiger partial charge in [0, 0.05) is 6.61 Å². The zero-order chi connectivity index (χ0) is 17.4. The maximum atomic E-state index is 5.91. The molecule has 7 heteroatoms. The van der Waals surface area contributed by atoms with E-state index in [1.54, 1.807) is 0 Å². The van der Waals surface area contributed by atoms with Crippen molar-refractivity contribution in [2.75, 3.05) is 79.3 Å². The van der Waals surface area contributed by atoms with Crippen molar-refractivity contribution in [3.63, 3.8) is 0 Å². The van der Waals surface area contributed by atoms with Gasteiger partial charge in [0.05, 0.1) is 78.8 Å². The molecule has 0 amide bonds. The second-order valence-electron chi connectivity index (χ2n) is 5.88. The Morgan fingerprint density at radius 1 is 0.520 bits per heavy atom. The largest absolute Gasteiger partial charge is 0.377 e. The van der Waals surface area contributed by atoms with E-state index < -0.39 is 0 Å². The molecule has 25 heavy (non-hydrogen) atoms. The molecule has 7 nitrogen and oxygen atoms in total. The van der Waals surface area contributed by atoms with Crippen LogP contribution in [0.25, 0.3) is 0 Å². The Hall–Kier alpha value is -0.540. The van der Waals surface area contributed by atoms with Crippen molar-refractivity contribution in [3.05, 3.63) is 12.2 Å². The molecule has 0 spiro atoms. The number of ether oxygens (including phenoxy) is 7. The van der Waals surface area contributed by atoms with Crippen LogP contribution in [0.4, 0.5) is 0 Å². The maximum absolute atomic E-state index is 5.91. The highest BCUT2D eigenvalue weighted by atomic mass is 16.6. The van der Waals surface area contributed by atoms with Crippen molar-refractivity contribution in [1.82, 2.24) is 0 Å². The summed E-state index contributed by atoms with van der Waals surface area (Å²) in [6.45, 7) is 6.93. The zero-order valence-electron chi connectivity index (χ0n) is 15.1. The lowest BCUT2D eigenvalue weighted by Gasteiger charge is -2.31. The van der Waals surface area contributed by atoms with Crippen LogP contribution < -0.4 is 0 Å². The second-order valence-corrected chi connectivity index (χ2v) is 5.88. The van der Waals surface area contributed by atoms with E-state index in [9.17, 15) is 0 Å². The van der Waals surface area contributed by atoms with E-state index in [2.05, 4.69) is 0 Å². The summed E-state index contributed by atoms with van der Waals surface area (Å²) in [5.74, 6) is 0. The lowest BCUT2D eigenvalue weighted by atomic mass is 10.1. The van der Waals surface area contributed by atoms with Gasteiger partial charge in [0.2, 0.25) is 0 Å². The fourth-order valence-electron chi connectivity index (χ4n) is 2.61. The van der Waals surface area contributed by atoms with Gasteiger partial charge in [-0.2, -0.15) is 0 Å². The Morgan fingerprint density at radius 3 is 1.80 bits per heavy atom. The topological polar surface area (TPSA) is 64.6 Å². The first kappa shape index (κ1) is 20.8. The minimum absolute atomic E-state index is 0.0133. The lowest BCUT2D eigenvalue weighted by Crippen LogP contribution is -2.40. The van der Waals surface area contributed by atoms with Crippen LogP contribution in [0.5, 0.6) is 0 Å². The van der Waals surface area contributed by atoms with Crippen molar-refractivity contribution in [1.29, 1.82) is 0 Å². The van der Waals surface area contributed by atoms with Crippen LogP contribution in [-0.2, 0) is 33.2 Å². The second kappa shape index (κ2) is 14.6. The highest BCUT2D eigenvalue weighted by Crippen LogP contribution is 2.17. The minimum Gasteiger partial charge on any atom is -0.377 e. The molecule has 0 unspecified atom stereocenters. The van der Waals surface area contributed by atoms with Gasteiger partial charge in [0.25, 0.3) is 0 Å². The minimum atomic E-state index is -0.0133. The third kappa shape index (κ3) is 10.3. The van der Waals surface area contributed by atoms with E-state index in [4.69, 9.17) is 33.2 Å². The van der Waals surface area contributed by atoms with Crippen LogP contribution in [0.1, 0.15) is 12.8 Å². The third-order valence-corrected chi connectivity index (χ3v) is 3.93. The Morgan fingerprint density at radius 2 is 1.08 bits per heavy atom. The normalized spacial score (nSPS) is 31.4. The summed E-state index contributed by atoms with van der Waals surface area (Å²) in [7, 11) is 0. The van der Waals surface area contributed by atoms with Gasteiger partial charge in [0.1, 0.15) is 6.10 Å². The standard InChI is InChI=1S/C18H32O7/c1-2-6-20-9-11-22-14-15-25-17-4-3-7-24-18(17)16-23-13-12-21-10-8-19-5-1/h1-2,17-18H,3-16H2/b2-1+/t17-,18+/m0/s1. The van der Waals surface area contributed by atoms with E-state index >= 15 is 0 Å². The fourth-order valence-corrected chi connectivity index (χ4v) is 2.61. The first-order valence-corrected chi connectivity index (χ1v) is 9.24. The molecule has 0 aromatic carbocycles. The summed E-state index contributed by atoms with van der Waals surface area (Å²) in [6.07, 6.45) is 5.97. The third-order valence-electron chi connectivity index (χ3n) is 3.93. The Labute approximate surface area is 150 Å². The van der Waals surface area contributed by atoms with Gasteiger partial charge in [-0.15, -0.1) is 0 Å². The summed E-state index contributed by atoms with van der Waals surface area (Å²) >= 11 is 0. The predicted molar refractivity (Wildman–Crippen MR) is 91.9 cm³/mol. The number of fused-ring (bicyclic) bond motifs is 1. The van der Waals surface area contributed by atoms with Crippen molar-refractivity contribution >= 4 is 0 Å². The summed E-state index contributed by atoms with van der Waals surface area (Å²) in [6, 6.07) is 0. The molecule has 2 aliphatic heterocycles. The quantitative estimate of drug-likeness (QED) is 0.602. The lowest BCUT2D eigenvalue weighted by molar-refractivity contribution is -0.139. The maximum Gasteiger partial charge on any atom is 0.107 e. The Bertz CT molecular complexity index is 337. The number of rotatable bonds is 0. The predicted octanol–water partition coefficient (Wildman–Crippen LogP) is 1.20. The summed E-state index contributed by atoms with van der Waals surface area (Å²) in [5.41, 5.74) is 0. The highest BCUT2D eigenvalue weighted by Gasteiger charge is 2.26. The molecule has 2 atom stereocenters. The van der Waals surface area contributed by atoms with Crippen molar-refractivity contribution in [2.24, 2.45) is 0 Å². The van der Waals surface area contributed by atoms with Crippen LogP contribution >= 0.6 is 0 Å². The average molecular weight is 360 g/mol. The van der Waals surface area contributed by atoms with E-state index in [0.29, 0.717) is 72.7 Å². The van der Waals surface area contributed by atoms with E-state index in [0.717, 1.165) is 19.4 Å². The molecule has 146 valence electrons. The van der Waals surface area contributed by atoms with E-state index in [-0.39, 0.29) is 12.2 Å². The van der Waals surface area contributed by atoms with Gasteiger partial charge in [-0.25, -0.2) is 0 Å². The van der Waals surface area contributed by atoms with Crippen molar-refractivity contribution < 1.29 is 33.2 Å². The molecule has 0 aromatic heterocycles. The molecule has 0 aliphatic carbocycles. The molecule has 0 saturated carbocycles. The van der Waals surface area contributed by atoms with Crippen molar-refractivity contribution in [2.45, 2.75) is 25.0 Å². The van der Waals surface area contributed by atoms with Crippen LogP contribution in [-0.4, -0.2) is 91.5 Å². The van der Waals surface area contributed by atoms with E-state index in [1.807, 2.05) is 12.2 Å². The molecular weight excluding hydrogens is 328 g/mol. The molecular formula is C18H32O7. The summed E-state index contributed by atoms with van der Waals surface area (Å²) < 4.78 is 39.3. The number of hydrogen-bond acceptors (Lipinski definition) is 7. The monoisotopic (exact) mass is 360 g/mol. The van der Waals surface area contributed by atoms with Gasteiger partial charge in [-0.1, -0.05) is 12.2 Å². The molecule has 2 rings (SSSR count). The number of hydrogen-bond donors (Lipinski definition) is 0. The van der Waals surface area contributed by atoms with Crippen LogP contribution in [0.2, 0.25) is 0 Å². The van der Waals surface area contributed by atoms with Gasteiger partial charge >= 0.3 is 0 Å². The van der Waals surface area contributed by atoms with Crippen LogP contribution in [0.15, 0.2) is 12.2 Å². The summed E-state index contributed by atoms with van der Waals surface area (Å²) in [5, 5.41) is 0. The van der Waals surface area contributed by atoms with Gasteiger partial charge < -0.3 is 33.2 Å². The molecule has 1 saturated heterocycles. The van der Waals surface area contributed by atoms with Crippen LogP contribution in [0.3, 0.4) is 0 Å². The van der Waals surface area contributed by atoms with Gasteiger partial charge in [-0.05, 0) is 12.8 Å². The van der Waals surface area contributed by atoms with Gasteiger partial charge in [0.15, 0.2) is 0 Å². The highest BCUT2D eigenvalue weighted by molar-refractivity contribution is 4.81.